The quantitative estimate of drug-likeness (QED) is 0.722. The number of para-hydroxylation sites is 2. The van der Waals surface area contributed by atoms with E-state index in [0.717, 1.165) is 11.1 Å². The molecule has 1 atom stereocenters. The number of aryl methyl sites for hydroxylation is 1. The summed E-state index contributed by atoms with van der Waals surface area (Å²) >= 11 is 0. The second-order valence-electron chi connectivity index (χ2n) is 6.52. The Kier molecular flexibility index (Phi) is 7.87. The van der Waals surface area contributed by atoms with Gasteiger partial charge in [-0.05, 0) is 38.5 Å². The Balaban J connectivity index is 2.15. The smallest absolute Gasteiger partial charge is 0.261 e. The van der Waals surface area contributed by atoms with Gasteiger partial charge in [0, 0.05) is 13.1 Å². The average Bonchev–Trinajstić information content (AvgIpc) is 2.71. The van der Waals surface area contributed by atoms with Crippen LogP contribution in [0.1, 0.15) is 25.0 Å². The molecule has 0 heterocycles. The van der Waals surface area contributed by atoms with Crippen molar-refractivity contribution >= 4 is 11.8 Å². The van der Waals surface area contributed by atoms with E-state index < -0.39 is 6.04 Å². The maximum atomic E-state index is 12.9. The van der Waals surface area contributed by atoms with Crippen LogP contribution in [0.25, 0.3) is 0 Å². The Morgan fingerprint density at radius 3 is 2.32 bits per heavy atom. The van der Waals surface area contributed by atoms with Gasteiger partial charge >= 0.3 is 0 Å². The Labute approximate surface area is 166 Å². The molecule has 2 aromatic rings. The van der Waals surface area contributed by atoms with E-state index >= 15 is 0 Å². The van der Waals surface area contributed by atoms with Crippen molar-refractivity contribution in [3.63, 3.8) is 0 Å². The number of ether oxygens (including phenoxy) is 2. The molecule has 0 spiro atoms. The molecular weight excluding hydrogens is 356 g/mol. The van der Waals surface area contributed by atoms with Gasteiger partial charge < -0.3 is 19.7 Å². The molecule has 0 bridgehead atoms. The van der Waals surface area contributed by atoms with E-state index in [1.165, 1.54) is 4.90 Å². The average molecular weight is 384 g/mol. The van der Waals surface area contributed by atoms with Crippen LogP contribution in [0.5, 0.6) is 11.5 Å². The van der Waals surface area contributed by atoms with E-state index in [9.17, 15) is 9.59 Å². The molecule has 0 aromatic heterocycles. The molecule has 0 unspecified atom stereocenters. The predicted molar refractivity (Wildman–Crippen MR) is 108 cm³/mol. The fourth-order valence-electron chi connectivity index (χ4n) is 2.76. The van der Waals surface area contributed by atoms with Crippen LogP contribution in [-0.2, 0) is 16.1 Å². The Hall–Kier alpha value is -3.02. The number of nitrogens with zero attached hydrogens (tertiary/aromatic N) is 1. The minimum absolute atomic E-state index is 0.185. The van der Waals surface area contributed by atoms with Gasteiger partial charge in [-0.2, -0.15) is 0 Å². The first kappa shape index (κ1) is 21.3. The number of carbonyl (C=O) groups excluding carboxylic acids is 2. The zero-order chi connectivity index (χ0) is 20.5. The molecule has 0 aliphatic rings. The largest absolute Gasteiger partial charge is 0.493 e. The molecule has 2 amide bonds. The second-order valence-corrected chi connectivity index (χ2v) is 6.52. The Morgan fingerprint density at radius 2 is 1.71 bits per heavy atom. The van der Waals surface area contributed by atoms with Crippen molar-refractivity contribution in [1.29, 1.82) is 0 Å². The Morgan fingerprint density at radius 1 is 1.07 bits per heavy atom. The molecule has 0 aliphatic heterocycles. The van der Waals surface area contributed by atoms with Gasteiger partial charge in [-0.15, -0.1) is 0 Å². The van der Waals surface area contributed by atoms with Crippen molar-refractivity contribution in [2.24, 2.45) is 0 Å². The topological polar surface area (TPSA) is 67.9 Å². The zero-order valence-electron chi connectivity index (χ0n) is 16.9. The molecule has 2 rings (SSSR count). The molecule has 0 saturated heterocycles. The van der Waals surface area contributed by atoms with Crippen LogP contribution in [0.2, 0.25) is 0 Å². The van der Waals surface area contributed by atoms with Crippen LogP contribution < -0.4 is 14.8 Å². The van der Waals surface area contributed by atoms with Gasteiger partial charge in [0.1, 0.15) is 6.04 Å². The first-order valence-electron chi connectivity index (χ1n) is 9.34. The van der Waals surface area contributed by atoms with Crippen molar-refractivity contribution in [3.8, 4) is 11.5 Å². The summed E-state index contributed by atoms with van der Waals surface area (Å²) in [7, 11) is 1.55. The van der Waals surface area contributed by atoms with Crippen LogP contribution >= 0.6 is 0 Å². The molecule has 0 aliphatic carbocycles. The number of likely N-dealkylation sites (N-methyl/N-ethyl adjacent to an activating group) is 1. The molecular formula is C22H28N2O4. The minimum atomic E-state index is -0.616. The molecule has 0 saturated carbocycles. The maximum absolute atomic E-state index is 12.9. The van der Waals surface area contributed by atoms with E-state index in [-0.39, 0.29) is 18.4 Å². The lowest BCUT2D eigenvalue weighted by Crippen LogP contribution is -2.49. The summed E-state index contributed by atoms with van der Waals surface area (Å²) in [6.45, 7) is 6.23. The summed E-state index contributed by atoms with van der Waals surface area (Å²) in [4.78, 5) is 26.8. The fraction of sp³-hybridized carbons (Fsp3) is 0.364. The first-order valence-corrected chi connectivity index (χ1v) is 9.34. The summed E-state index contributed by atoms with van der Waals surface area (Å²) in [5.41, 5.74) is 2.09. The molecule has 150 valence electrons. The number of benzene rings is 2. The van der Waals surface area contributed by atoms with Crippen LogP contribution in [0.15, 0.2) is 48.5 Å². The molecule has 0 radical (unpaired) electrons. The summed E-state index contributed by atoms with van der Waals surface area (Å²) in [6.07, 6.45) is 0. The number of hydrogen-bond acceptors (Lipinski definition) is 4. The highest BCUT2D eigenvalue weighted by Gasteiger charge is 2.26. The second kappa shape index (κ2) is 10.3. The summed E-state index contributed by atoms with van der Waals surface area (Å²) in [5, 5.41) is 2.77. The van der Waals surface area contributed by atoms with Crippen LogP contribution in [0.4, 0.5) is 0 Å². The van der Waals surface area contributed by atoms with Crippen LogP contribution in [0.3, 0.4) is 0 Å². The SMILES string of the molecule is CCNC(=O)[C@@H](C)N(Cc1ccc(C)cc1)C(=O)COc1ccccc1OC. The maximum Gasteiger partial charge on any atom is 0.261 e. The third-order valence-corrected chi connectivity index (χ3v) is 4.41. The third-order valence-electron chi connectivity index (χ3n) is 4.41. The van der Waals surface area contributed by atoms with E-state index in [1.54, 1.807) is 26.2 Å². The van der Waals surface area contributed by atoms with Gasteiger partial charge in [-0.1, -0.05) is 42.0 Å². The van der Waals surface area contributed by atoms with Crippen molar-refractivity contribution < 1.29 is 19.1 Å². The van der Waals surface area contributed by atoms with E-state index in [1.807, 2.05) is 50.2 Å². The van der Waals surface area contributed by atoms with Crippen molar-refractivity contribution in [2.75, 3.05) is 20.3 Å². The van der Waals surface area contributed by atoms with E-state index in [0.29, 0.717) is 24.6 Å². The van der Waals surface area contributed by atoms with Gasteiger partial charge in [0.25, 0.3) is 5.91 Å². The molecule has 6 heteroatoms. The standard InChI is InChI=1S/C22H28N2O4/c1-5-23-22(26)17(3)24(14-18-12-10-16(2)11-13-18)21(25)15-28-20-9-7-6-8-19(20)27-4/h6-13,17H,5,14-15H2,1-4H3,(H,23,26)/t17-/m1/s1. The normalized spacial score (nSPS) is 11.4. The number of amides is 2. The summed E-state index contributed by atoms with van der Waals surface area (Å²) in [6, 6.07) is 14.4. The monoisotopic (exact) mass is 384 g/mol. The lowest BCUT2D eigenvalue weighted by molar-refractivity contribution is -0.142. The number of carbonyl (C=O) groups is 2. The van der Waals surface area contributed by atoms with E-state index in [2.05, 4.69) is 5.32 Å². The fourth-order valence-corrected chi connectivity index (χ4v) is 2.76. The van der Waals surface area contributed by atoms with E-state index in [4.69, 9.17) is 9.47 Å². The molecule has 1 N–H and O–H groups in total. The zero-order valence-corrected chi connectivity index (χ0v) is 16.9. The third kappa shape index (κ3) is 5.74. The molecule has 6 nitrogen and oxygen atoms in total. The summed E-state index contributed by atoms with van der Waals surface area (Å²) < 4.78 is 10.9. The molecule has 28 heavy (non-hydrogen) atoms. The highest BCUT2D eigenvalue weighted by molar-refractivity contribution is 5.87. The predicted octanol–water partition coefficient (Wildman–Crippen LogP) is 2.94. The molecule has 2 aromatic carbocycles. The number of methoxy groups -OCH3 is 1. The summed E-state index contributed by atoms with van der Waals surface area (Å²) in [5.74, 6) is 0.571. The van der Waals surface area contributed by atoms with Crippen LogP contribution in [0, 0.1) is 6.92 Å². The van der Waals surface area contributed by atoms with Gasteiger partial charge in [0.15, 0.2) is 18.1 Å². The highest BCUT2D eigenvalue weighted by Crippen LogP contribution is 2.25. The lowest BCUT2D eigenvalue weighted by Gasteiger charge is -2.28. The molecule has 0 fully saturated rings. The van der Waals surface area contributed by atoms with Crippen molar-refractivity contribution in [2.45, 2.75) is 33.4 Å². The Bertz CT molecular complexity index is 789. The van der Waals surface area contributed by atoms with Crippen LogP contribution in [-0.4, -0.2) is 43.0 Å². The van der Waals surface area contributed by atoms with Gasteiger partial charge in [0.05, 0.1) is 7.11 Å². The number of rotatable bonds is 9. The van der Waals surface area contributed by atoms with Crippen molar-refractivity contribution in [1.82, 2.24) is 10.2 Å². The minimum Gasteiger partial charge on any atom is -0.493 e. The van der Waals surface area contributed by atoms with Gasteiger partial charge in [0.2, 0.25) is 5.91 Å². The first-order chi connectivity index (χ1) is 13.5. The number of hydrogen-bond donors (Lipinski definition) is 1. The highest BCUT2D eigenvalue weighted by atomic mass is 16.5. The van der Waals surface area contributed by atoms with Gasteiger partial charge in [-0.25, -0.2) is 0 Å². The van der Waals surface area contributed by atoms with Gasteiger partial charge in [-0.3, -0.25) is 9.59 Å². The lowest BCUT2D eigenvalue weighted by atomic mass is 10.1. The van der Waals surface area contributed by atoms with Crippen molar-refractivity contribution in [3.05, 3.63) is 59.7 Å². The number of nitrogens with one attached hydrogen (secondary N) is 1.